The molecule has 9 heteroatoms. The van der Waals surface area contributed by atoms with Gasteiger partial charge in [0, 0.05) is 0 Å². The van der Waals surface area contributed by atoms with Crippen LogP contribution in [0.2, 0.25) is 0 Å². The molecular formula is C42H27N3O3S3. The zero-order valence-corrected chi connectivity index (χ0v) is 29.3. The largest absolute Gasteiger partial charge is 0.308 e. The van der Waals surface area contributed by atoms with E-state index in [4.69, 9.17) is 0 Å². The molecule has 7 aromatic carbocycles. The van der Waals surface area contributed by atoms with Crippen LogP contribution in [0.25, 0.3) is 0 Å². The van der Waals surface area contributed by atoms with Gasteiger partial charge in [-0.05, 0) is 91.0 Å². The van der Waals surface area contributed by atoms with Crippen molar-refractivity contribution >= 4 is 83.6 Å². The second kappa shape index (κ2) is 11.7. The van der Waals surface area contributed by atoms with Crippen molar-refractivity contribution in [3.05, 3.63) is 164 Å². The molecule has 0 amide bonds. The van der Waals surface area contributed by atoms with Gasteiger partial charge in [0.05, 0.1) is 113 Å². The van der Waals surface area contributed by atoms with Crippen LogP contribution >= 0.6 is 0 Å². The third kappa shape index (κ3) is 4.55. The normalized spacial score (nSPS) is 14.9. The number of anilines is 9. The van der Waals surface area contributed by atoms with Crippen molar-refractivity contribution in [2.24, 2.45) is 0 Å². The summed E-state index contributed by atoms with van der Waals surface area (Å²) in [6, 6.07) is 53.5. The van der Waals surface area contributed by atoms with E-state index in [1.165, 1.54) is 0 Å². The molecule has 0 saturated heterocycles. The number of nitrogens with zero attached hydrogens (tertiary/aromatic N) is 3. The minimum atomic E-state index is -1.36. The first kappa shape index (κ1) is 30.2. The summed E-state index contributed by atoms with van der Waals surface area (Å²) in [5, 5.41) is 0. The molecule has 246 valence electrons. The van der Waals surface area contributed by atoms with Crippen molar-refractivity contribution in [2.75, 3.05) is 14.7 Å². The molecule has 7 aromatic rings. The number of para-hydroxylation sites is 6. The first-order chi connectivity index (χ1) is 25.1. The first-order valence-corrected chi connectivity index (χ1v) is 19.9. The van der Waals surface area contributed by atoms with Crippen molar-refractivity contribution in [3.63, 3.8) is 0 Å². The summed E-state index contributed by atoms with van der Waals surface area (Å²) in [6.07, 6.45) is 0. The van der Waals surface area contributed by atoms with Gasteiger partial charge in [0.2, 0.25) is 0 Å². The summed E-state index contributed by atoms with van der Waals surface area (Å²) < 4.78 is 41.8. The molecule has 0 N–H and O–H groups in total. The number of hydrogen-bond donors (Lipinski definition) is 0. The van der Waals surface area contributed by atoms with Crippen molar-refractivity contribution in [2.45, 2.75) is 29.4 Å². The third-order valence-electron chi connectivity index (χ3n) is 9.50. The average Bonchev–Trinajstić information content (AvgIpc) is 3.18. The highest BCUT2D eigenvalue weighted by Gasteiger charge is 2.35. The zero-order chi connectivity index (χ0) is 34.2. The van der Waals surface area contributed by atoms with Crippen LogP contribution in [0, 0.1) is 0 Å². The van der Waals surface area contributed by atoms with Crippen LogP contribution in [0.15, 0.2) is 193 Å². The number of fused-ring (bicyclic) bond motifs is 6. The predicted molar refractivity (Wildman–Crippen MR) is 205 cm³/mol. The Bertz CT molecular complexity index is 2210. The third-order valence-corrected chi connectivity index (χ3v) is 14.0. The average molecular weight is 718 g/mol. The van der Waals surface area contributed by atoms with E-state index in [1.54, 1.807) is 0 Å². The van der Waals surface area contributed by atoms with E-state index in [0.29, 0.717) is 0 Å². The zero-order valence-electron chi connectivity index (χ0n) is 26.9. The highest BCUT2D eigenvalue weighted by molar-refractivity contribution is 7.86. The molecule has 0 atom stereocenters. The standard InChI is InChI=1S/C42H27N3O3S3/c46-49-37-19-7-1-13-31(37)43(32-14-2-8-20-38(32)49)28-25-29(44-33-15-3-9-21-39(33)50(47)40-22-10-4-16-34(40)44)27-30(26-28)45-35-17-5-11-23-41(35)51(48)42-24-12-6-18-36(42)45/h1-27H. The van der Waals surface area contributed by atoms with Crippen LogP contribution in [0.5, 0.6) is 0 Å². The van der Waals surface area contributed by atoms with Crippen LogP contribution < -0.4 is 14.7 Å². The summed E-state index contributed by atoms with van der Waals surface area (Å²) in [5.41, 5.74) is 7.54. The molecule has 51 heavy (non-hydrogen) atoms. The van der Waals surface area contributed by atoms with Crippen LogP contribution in [0.4, 0.5) is 51.2 Å². The van der Waals surface area contributed by atoms with Crippen LogP contribution in [0.1, 0.15) is 0 Å². The van der Waals surface area contributed by atoms with Gasteiger partial charge in [-0.1, -0.05) is 72.8 Å². The molecule has 0 radical (unpaired) electrons. The van der Waals surface area contributed by atoms with Crippen LogP contribution in [0.3, 0.4) is 0 Å². The number of benzene rings is 7. The molecule has 3 aliphatic heterocycles. The topological polar surface area (TPSA) is 60.9 Å². The minimum absolute atomic E-state index is 0.733. The maximum atomic E-state index is 13.9. The van der Waals surface area contributed by atoms with E-state index in [2.05, 4.69) is 32.9 Å². The van der Waals surface area contributed by atoms with E-state index < -0.39 is 32.4 Å². The molecule has 0 unspecified atom stereocenters. The Labute approximate surface area is 302 Å². The smallest absolute Gasteiger partial charge is 0.0892 e. The number of hydrogen-bond acceptors (Lipinski definition) is 6. The summed E-state index contributed by atoms with van der Waals surface area (Å²) in [5.74, 6) is 0. The lowest BCUT2D eigenvalue weighted by molar-refractivity contribution is 0.681. The molecule has 0 saturated carbocycles. The van der Waals surface area contributed by atoms with Gasteiger partial charge < -0.3 is 14.7 Å². The van der Waals surface area contributed by atoms with Gasteiger partial charge in [0.1, 0.15) is 0 Å². The minimum Gasteiger partial charge on any atom is -0.308 e. The van der Waals surface area contributed by atoms with Gasteiger partial charge in [0.15, 0.2) is 0 Å². The molecule has 10 rings (SSSR count). The molecule has 6 nitrogen and oxygen atoms in total. The lowest BCUT2D eigenvalue weighted by Gasteiger charge is -2.38. The molecule has 0 bridgehead atoms. The summed E-state index contributed by atoms with van der Waals surface area (Å²) in [6.45, 7) is 0. The number of rotatable bonds is 3. The van der Waals surface area contributed by atoms with Crippen LogP contribution in [-0.2, 0) is 32.4 Å². The van der Waals surface area contributed by atoms with E-state index in [9.17, 15) is 12.6 Å². The Balaban J connectivity index is 1.30. The summed E-state index contributed by atoms with van der Waals surface area (Å²) >= 11 is 0. The summed E-state index contributed by atoms with van der Waals surface area (Å²) in [7, 11) is -4.08. The van der Waals surface area contributed by atoms with Crippen molar-refractivity contribution in [1.29, 1.82) is 0 Å². The Morgan fingerprint density at radius 2 is 0.451 bits per heavy atom. The Hall–Kier alpha value is -5.61. The van der Waals surface area contributed by atoms with Crippen molar-refractivity contribution < 1.29 is 12.6 Å². The van der Waals surface area contributed by atoms with Gasteiger partial charge in [-0.3, -0.25) is 0 Å². The quantitative estimate of drug-likeness (QED) is 0.181. The Morgan fingerprint density at radius 3 is 0.647 bits per heavy atom. The molecule has 0 aromatic heterocycles. The van der Waals surface area contributed by atoms with Gasteiger partial charge in [-0.15, -0.1) is 0 Å². The molecule has 0 spiro atoms. The van der Waals surface area contributed by atoms with Crippen molar-refractivity contribution in [1.82, 2.24) is 0 Å². The van der Waals surface area contributed by atoms with Gasteiger partial charge in [0.25, 0.3) is 0 Å². The molecule has 0 fully saturated rings. The molecular weight excluding hydrogens is 691 g/mol. The molecule has 3 aliphatic rings. The van der Waals surface area contributed by atoms with E-state index in [-0.39, 0.29) is 0 Å². The molecule has 3 heterocycles. The van der Waals surface area contributed by atoms with Crippen LogP contribution in [-0.4, -0.2) is 12.6 Å². The lowest BCUT2D eigenvalue weighted by atomic mass is 10.1. The highest BCUT2D eigenvalue weighted by Crippen LogP contribution is 2.54. The Morgan fingerprint density at radius 1 is 0.275 bits per heavy atom. The van der Waals surface area contributed by atoms with Gasteiger partial charge in [-0.2, -0.15) is 0 Å². The monoisotopic (exact) mass is 717 g/mol. The second-order valence-corrected chi connectivity index (χ2v) is 16.6. The van der Waals surface area contributed by atoms with E-state index in [1.807, 2.05) is 146 Å². The SMILES string of the molecule is O=S1c2ccccc2N(c2cc(N3c4ccccc4S(=O)c4ccccc43)cc(N3c4ccccc4S(=O)c4ccccc43)c2)c2ccccc21. The fourth-order valence-corrected chi connectivity index (χ4v) is 11.4. The molecule has 0 aliphatic carbocycles. The highest BCUT2D eigenvalue weighted by atomic mass is 32.2. The Kier molecular flexibility index (Phi) is 6.96. The lowest BCUT2D eigenvalue weighted by Crippen LogP contribution is -2.23. The fourth-order valence-electron chi connectivity index (χ4n) is 7.34. The maximum Gasteiger partial charge on any atom is 0.0892 e. The maximum absolute atomic E-state index is 13.9. The van der Waals surface area contributed by atoms with Gasteiger partial charge in [-0.25, -0.2) is 12.6 Å². The first-order valence-electron chi connectivity index (χ1n) is 16.4. The second-order valence-electron chi connectivity index (χ2n) is 12.3. The van der Waals surface area contributed by atoms with Crippen molar-refractivity contribution in [3.8, 4) is 0 Å². The van der Waals surface area contributed by atoms with Gasteiger partial charge >= 0.3 is 0 Å². The van der Waals surface area contributed by atoms with E-state index >= 15 is 0 Å². The predicted octanol–water partition coefficient (Wildman–Crippen LogP) is 10.5. The summed E-state index contributed by atoms with van der Waals surface area (Å²) in [4.78, 5) is 10.9. The van der Waals surface area contributed by atoms with E-state index in [0.717, 1.165) is 80.6 Å². The fraction of sp³-hybridized carbons (Fsp3) is 0.